The molecule has 0 spiro atoms. The predicted molar refractivity (Wildman–Crippen MR) is 95.9 cm³/mol. The summed E-state index contributed by atoms with van der Waals surface area (Å²) in [6, 6.07) is 6.91. The Hall–Kier alpha value is -2.50. The van der Waals surface area contributed by atoms with Crippen LogP contribution in [0.3, 0.4) is 0 Å². The fraction of sp³-hybridized carbons (Fsp3) is 0.350. The number of rotatable bonds is 6. The summed E-state index contributed by atoms with van der Waals surface area (Å²) < 4.78 is 49.5. The molecule has 3 rings (SSSR count). The van der Waals surface area contributed by atoms with Crippen molar-refractivity contribution < 1.29 is 17.9 Å². The van der Waals surface area contributed by atoms with Crippen LogP contribution in [0.25, 0.3) is 22.2 Å². The molecule has 0 aliphatic carbocycles. The summed E-state index contributed by atoms with van der Waals surface area (Å²) in [6.45, 7) is 4.05. The molecule has 26 heavy (non-hydrogen) atoms. The monoisotopic (exact) mass is 362 g/mol. The van der Waals surface area contributed by atoms with Crippen LogP contribution >= 0.6 is 0 Å². The number of nitrogens with zero attached hydrogens (tertiary/aromatic N) is 2. The summed E-state index contributed by atoms with van der Waals surface area (Å²) in [7, 11) is 1.55. The predicted octanol–water partition coefficient (Wildman–Crippen LogP) is 5.63. The van der Waals surface area contributed by atoms with Crippen molar-refractivity contribution in [3.8, 4) is 17.0 Å². The lowest BCUT2D eigenvalue weighted by Crippen LogP contribution is -2.04. The molecule has 2 aromatic carbocycles. The van der Waals surface area contributed by atoms with Crippen LogP contribution in [-0.2, 0) is 6.54 Å². The molecule has 0 radical (unpaired) electrons. The quantitative estimate of drug-likeness (QED) is 0.420. The lowest BCUT2D eigenvalue weighted by molar-refractivity contribution is 0.415. The number of aryl methyl sites for hydroxylation is 2. The molecule has 0 bridgehead atoms. The first kappa shape index (κ1) is 18.3. The van der Waals surface area contributed by atoms with Crippen molar-refractivity contribution in [2.75, 3.05) is 7.11 Å². The fourth-order valence-corrected chi connectivity index (χ4v) is 3.15. The van der Waals surface area contributed by atoms with Gasteiger partial charge in [-0.2, -0.15) is 5.10 Å². The summed E-state index contributed by atoms with van der Waals surface area (Å²) in [5.41, 5.74) is 1.30. The van der Waals surface area contributed by atoms with E-state index in [2.05, 4.69) is 12.0 Å². The van der Waals surface area contributed by atoms with Gasteiger partial charge < -0.3 is 4.74 Å². The second kappa shape index (κ2) is 7.40. The maximum Gasteiger partial charge on any atom is 0.195 e. The summed E-state index contributed by atoms with van der Waals surface area (Å²) in [5.74, 6) is -3.17. The Balaban J connectivity index is 2.24. The molecule has 0 saturated carbocycles. The highest BCUT2D eigenvalue weighted by molar-refractivity contribution is 5.95. The third kappa shape index (κ3) is 3.04. The van der Waals surface area contributed by atoms with Gasteiger partial charge in [0.2, 0.25) is 0 Å². The van der Waals surface area contributed by atoms with E-state index in [9.17, 15) is 13.2 Å². The lowest BCUT2D eigenvalue weighted by atomic mass is 10.0. The molecule has 0 fully saturated rings. The van der Waals surface area contributed by atoms with Gasteiger partial charge in [0.15, 0.2) is 17.5 Å². The minimum absolute atomic E-state index is 0.0167. The highest BCUT2D eigenvalue weighted by atomic mass is 19.2. The molecule has 1 aromatic heterocycles. The highest BCUT2D eigenvalue weighted by Crippen LogP contribution is 2.35. The molecule has 138 valence electrons. The van der Waals surface area contributed by atoms with Gasteiger partial charge in [-0.25, -0.2) is 13.2 Å². The van der Waals surface area contributed by atoms with Crippen molar-refractivity contribution >= 4 is 10.9 Å². The van der Waals surface area contributed by atoms with E-state index in [-0.39, 0.29) is 10.9 Å². The van der Waals surface area contributed by atoms with Gasteiger partial charge in [0, 0.05) is 17.7 Å². The van der Waals surface area contributed by atoms with Crippen molar-refractivity contribution in [3.63, 3.8) is 0 Å². The maximum atomic E-state index is 14.6. The zero-order valence-corrected chi connectivity index (χ0v) is 15.1. The second-order valence-corrected chi connectivity index (χ2v) is 6.30. The third-order valence-corrected chi connectivity index (χ3v) is 4.58. The number of unbranched alkanes of at least 4 members (excludes halogenated alkanes) is 2. The van der Waals surface area contributed by atoms with Crippen LogP contribution in [0.15, 0.2) is 24.3 Å². The summed E-state index contributed by atoms with van der Waals surface area (Å²) in [5, 5.41) is 4.51. The van der Waals surface area contributed by atoms with Crippen LogP contribution in [0.1, 0.15) is 31.7 Å². The van der Waals surface area contributed by atoms with Crippen molar-refractivity contribution in [2.24, 2.45) is 0 Å². The smallest absolute Gasteiger partial charge is 0.195 e. The van der Waals surface area contributed by atoms with Crippen LogP contribution in [0.5, 0.6) is 5.75 Å². The molecule has 0 saturated heterocycles. The van der Waals surface area contributed by atoms with Crippen molar-refractivity contribution in [3.05, 3.63) is 47.3 Å². The standard InChI is InChI=1S/C20H21F3N2O/c1-4-5-6-11-25-20-12(2)16(21)18(23)17(22)15(20)19(24-25)13-7-9-14(26-3)10-8-13/h7-10H,4-6,11H2,1-3H3. The number of benzene rings is 2. The molecule has 0 atom stereocenters. The van der Waals surface area contributed by atoms with Gasteiger partial charge in [-0.1, -0.05) is 19.8 Å². The van der Waals surface area contributed by atoms with Crippen molar-refractivity contribution in [2.45, 2.75) is 39.7 Å². The van der Waals surface area contributed by atoms with E-state index in [4.69, 9.17) is 4.74 Å². The molecule has 0 unspecified atom stereocenters. The lowest BCUT2D eigenvalue weighted by Gasteiger charge is -2.07. The molecule has 3 nitrogen and oxygen atoms in total. The zero-order valence-electron chi connectivity index (χ0n) is 15.1. The number of halogens is 3. The van der Waals surface area contributed by atoms with E-state index in [0.29, 0.717) is 29.1 Å². The van der Waals surface area contributed by atoms with E-state index >= 15 is 0 Å². The van der Waals surface area contributed by atoms with Crippen LogP contribution < -0.4 is 4.74 Å². The number of hydrogen-bond donors (Lipinski definition) is 0. The Morgan fingerprint density at radius 3 is 2.31 bits per heavy atom. The Bertz CT molecular complexity index is 933. The van der Waals surface area contributed by atoms with Crippen molar-refractivity contribution in [1.82, 2.24) is 9.78 Å². The molecule has 0 amide bonds. The number of hydrogen-bond acceptors (Lipinski definition) is 2. The van der Waals surface area contributed by atoms with E-state index < -0.39 is 17.5 Å². The average Bonchev–Trinajstić information content (AvgIpc) is 3.04. The number of aromatic nitrogens is 2. The van der Waals surface area contributed by atoms with Crippen LogP contribution in [0.2, 0.25) is 0 Å². The second-order valence-electron chi connectivity index (χ2n) is 6.30. The van der Waals surface area contributed by atoms with Gasteiger partial charge >= 0.3 is 0 Å². The Morgan fingerprint density at radius 1 is 1.00 bits per heavy atom. The SMILES string of the molecule is CCCCCn1nc(-c2ccc(OC)cc2)c2c(F)c(F)c(F)c(C)c21. The molecule has 3 aromatic rings. The molecular weight excluding hydrogens is 341 g/mol. The number of fused-ring (bicyclic) bond motifs is 1. The van der Waals surface area contributed by atoms with Gasteiger partial charge in [0.1, 0.15) is 11.4 Å². The van der Waals surface area contributed by atoms with Gasteiger partial charge in [0.25, 0.3) is 0 Å². The highest BCUT2D eigenvalue weighted by Gasteiger charge is 2.25. The largest absolute Gasteiger partial charge is 0.497 e. The zero-order chi connectivity index (χ0) is 18.8. The van der Waals surface area contributed by atoms with E-state index in [1.165, 1.54) is 6.92 Å². The minimum atomic E-state index is -1.46. The average molecular weight is 362 g/mol. The summed E-state index contributed by atoms with van der Waals surface area (Å²) in [6.07, 6.45) is 2.82. The third-order valence-electron chi connectivity index (χ3n) is 4.58. The first-order valence-electron chi connectivity index (χ1n) is 8.67. The number of methoxy groups -OCH3 is 1. The van der Waals surface area contributed by atoms with Gasteiger partial charge in [-0.3, -0.25) is 4.68 Å². The van der Waals surface area contributed by atoms with Crippen LogP contribution in [0.4, 0.5) is 13.2 Å². The number of ether oxygens (including phenoxy) is 1. The van der Waals surface area contributed by atoms with E-state index in [0.717, 1.165) is 19.3 Å². The van der Waals surface area contributed by atoms with Crippen LogP contribution in [-0.4, -0.2) is 16.9 Å². The molecule has 0 aliphatic rings. The van der Waals surface area contributed by atoms with E-state index in [1.54, 1.807) is 36.1 Å². The Labute approximate surface area is 150 Å². The first-order chi connectivity index (χ1) is 12.5. The summed E-state index contributed by atoms with van der Waals surface area (Å²) in [4.78, 5) is 0. The van der Waals surface area contributed by atoms with Gasteiger partial charge in [-0.05, 0) is 37.6 Å². The fourth-order valence-electron chi connectivity index (χ4n) is 3.15. The van der Waals surface area contributed by atoms with Gasteiger partial charge in [-0.15, -0.1) is 0 Å². The van der Waals surface area contributed by atoms with Crippen molar-refractivity contribution in [1.29, 1.82) is 0 Å². The van der Waals surface area contributed by atoms with Crippen LogP contribution in [0, 0.1) is 24.4 Å². The molecular formula is C20H21F3N2O. The first-order valence-corrected chi connectivity index (χ1v) is 8.67. The minimum Gasteiger partial charge on any atom is -0.497 e. The Kier molecular flexibility index (Phi) is 5.20. The molecule has 0 N–H and O–H groups in total. The Morgan fingerprint density at radius 2 is 1.69 bits per heavy atom. The molecule has 1 heterocycles. The van der Waals surface area contributed by atoms with E-state index in [1.807, 2.05) is 0 Å². The molecule has 0 aliphatic heterocycles. The summed E-state index contributed by atoms with van der Waals surface area (Å²) >= 11 is 0. The maximum absolute atomic E-state index is 14.6. The van der Waals surface area contributed by atoms with Gasteiger partial charge in [0.05, 0.1) is 18.0 Å². The topological polar surface area (TPSA) is 27.1 Å². The molecule has 6 heteroatoms. The normalized spacial score (nSPS) is 11.3.